The Labute approximate surface area is 175 Å². The lowest BCUT2D eigenvalue weighted by Crippen LogP contribution is -2.54. The average molecular weight is 410 g/mol. The van der Waals surface area contributed by atoms with Gasteiger partial charge in [0.05, 0.1) is 11.1 Å². The number of aryl methyl sites for hydroxylation is 1. The number of fused-ring (bicyclic) bond motifs is 1. The van der Waals surface area contributed by atoms with Crippen LogP contribution in [-0.2, 0) is 20.8 Å². The van der Waals surface area contributed by atoms with Crippen LogP contribution in [0.15, 0.2) is 18.2 Å². The Balaban J connectivity index is 1.41. The van der Waals surface area contributed by atoms with Crippen molar-refractivity contribution >= 4 is 29.4 Å². The maximum absolute atomic E-state index is 12.9. The van der Waals surface area contributed by atoms with Crippen molar-refractivity contribution in [3.8, 4) is 0 Å². The van der Waals surface area contributed by atoms with Crippen molar-refractivity contribution in [1.29, 1.82) is 0 Å². The van der Waals surface area contributed by atoms with E-state index in [1.165, 1.54) is 19.3 Å². The van der Waals surface area contributed by atoms with Gasteiger partial charge in [-0.15, -0.1) is 0 Å². The first-order chi connectivity index (χ1) is 14.4. The molecule has 1 unspecified atom stereocenters. The fourth-order valence-electron chi connectivity index (χ4n) is 4.77. The van der Waals surface area contributed by atoms with Crippen LogP contribution in [0.5, 0.6) is 0 Å². The highest BCUT2D eigenvalue weighted by molar-refractivity contribution is 6.23. The molecule has 2 aliphatic heterocycles. The Morgan fingerprint density at radius 3 is 2.43 bits per heavy atom. The van der Waals surface area contributed by atoms with Crippen LogP contribution in [0.3, 0.4) is 0 Å². The second-order valence-corrected chi connectivity index (χ2v) is 8.57. The van der Waals surface area contributed by atoms with Gasteiger partial charge < -0.3 is 0 Å². The summed E-state index contributed by atoms with van der Waals surface area (Å²) < 4.78 is 0. The van der Waals surface area contributed by atoms with Crippen molar-refractivity contribution in [1.82, 2.24) is 10.2 Å². The summed E-state index contributed by atoms with van der Waals surface area (Å²) in [6.45, 7) is 0. The topological polar surface area (TPSA) is 101 Å². The van der Waals surface area contributed by atoms with Gasteiger partial charge in [0.15, 0.2) is 0 Å². The maximum atomic E-state index is 12.9. The summed E-state index contributed by atoms with van der Waals surface area (Å²) in [7, 11) is 0. The summed E-state index contributed by atoms with van der Waals surface area (Å²) in [6, 6.07) is 4.07. The Hall–Kier alpha value is -2.83. The summed E-state index contributed by atoms with van der Waals surface area (Å²) in [4.78, 5) is 62.4. The third-order valence-corrected chi connectivity index (χ3v) is 6.44. The lowest BCUT2D eigenvalue weighted by atomic mass is 9.85. The molecule has 7 heteroatoms. The number of carbonyl (C=O) groups excluding carboxylic acids is 5. The van der Waals surface area contributed by atoms with Crippen LogP contribution in [0, 0.1) is 5.92 Å². The molecule has 0 aromatic heterocycles. The van der Waals surface area contributed by atoms with Crippen LogP contribution in [0.4, 0.5) is 0 Å². The molecule has 7 nitrogen and oxygen atoms in total. The van der Waals surface area contributed by atoms with Crippen LogP contribution in [0.2, 0.25) is 0 Å². The molecule has 1 aromatic carbocycles. The number of hydrogen-bond acceptors (Lipinski definition) is 5. The number of ketones is 1. The van der Waals surface area contributed by atoms with Gasteiger partial charge >= 0.3 is 0 Å². The van der Waals surface area contributed by atoms with E-state index >= 15 is 0 Å². The molecule has 1 aromatic rings. The van der Waals surface area contributed by atoms with E-state index in [4.69, 9.17) is 0 Å². The van der Waals surface area contributed by atoms with E-state index in [-0.39, 0.29) is 29.8 Å². The van der Waals surface area contributed by atoms with Crippen LogP contribution < -0.4 is 5.32 Å². The van der Waals surface area contributed by atoms with E-state index in [1.54, 1.807) is 18.2 Å². The molecule has 4 rings (SSSR count). The molecule has 2 fully saturated rings. The van der Waals surface area contributed by atoms with Gasteiger partial charge in [-0.3, -0.25) is 34.2 Å². The summed E-state index contributed by atoms with van der Waals surface area (Å²) >= 11 is 0. The molecule has 4 amide bonds. The van der Waals surface area contributed by atoms with E-state index in [1.807, 2.05) is 0 Å². The van der Waals surface area contributed by atoms with E-state index in [2.05, 4.69) is 5.32 Å². The Bertz CT molecular complexity index is 916. The third-order valence-electron chi connectivity index (χ3n) is 6.44. The zero-order valence-corrected chi connectivity index (χ0v) is 16.9. The standard InChI is InChI=1S/C23H26N2O5/c26-16(12-14-4-2-1-3-5-14)8-6-15-7-9-17-18(13-15)23(30)25(22(17)29)19-10-11-20(27)24-21(19)28/h7,9,13-14,19H,1-6,8,10-12H2,(H,24,27,28). The van der Waals surface area contributed by atoms with Crippen molar-refractivity contribution in [3.05, 3.63) is 34.9 Å². The molecule has 30 heavy (non-hydrogen) atoms. The molecule has 1 aliphatic carbocycles. The lowest BCUT2D eigenvalue weighted by Gasteiger charge is -2.27. The molecule has 1 atom stereocenters. The van der Waals surface area contributed by atoms with E-state index < -0.39 is 29.7 Å². The normalized spacial score (nSPS) is 22.3. The largest absolute Gasteiger partial charge is 0.300 e. The first-order valence-corrected chi connectivity index (χ1v) is 10.8. The van der Waals surface area contributed by atoms with E-state index in [9.17, 15) is 24.0 Å². The van der Waals surface area contributed by atoms with Crippen LogP contribution in [0.25, 0.3) is 0 Å². The monoisotopic (exact) mass is 410 g/mol. The third kappa shape index (κ3) is 4.06. The number of rotatable bonds is 6. The summed E-state index contributed by atoms with van der Waals surface area (Å²) in [5.41, 5.74) is 1.36. The van der Waals surface area contributed by atoms with E-state index in [0.29, 0.717) is 25.2 Å². The first-order valence-electron chi connectivity index (χ1n) is 10.8. The van der Waals surface area contributed by atoms with Crippen molar-refractivity contribution in [3.63, 3.8) is 0 Å². The SMILES string of the molecule is O=C(CCc1ccc2c(c1)C(=O)N(C1CCC(=O)NC1=O)C2=O)CC1CCCCC1. The minimum atomic E-state index is -0.962. The second-order valence-electron chi connectivity index (χ2n) is 8.57. The van der Waals surface area contributed by atoms with Gasteiger partial charge in [0.25, 0.3) is 11.8 Å². The van der Waals surface area contributed by atoms with Crippen molar-refractivity contribution in [2.75, 3.05) is 0 Å². The Morgan fingerprint density at radius 1 is 0.967 bits per heavy atom. The lowest BCUT2D eigenvalue weighted by molar-refractivity contribution is -0.136. The van der Waals surface area contributed by atoms with E-state index in [0.717, 1.165) is 23.3 Å². The highest BCUT2D eigenvalue weighted by atomic mass is 16.2. The Morgan fingerprint density at radius 2 is 1.70 bits per heavy atom. The van der Waals surface area contributed by atoms with Gasteiger partial charge in [0, 0.05) is 19.3 Å². The predicted molar refractivity (Wildman–Crippen MR) is 108 cm³/mol. The van der Waals surface area contributed by atoms with Gasteiger partial charge in [0.2, 0.25) is 11.8 Å². The number of Topliss-reactive ketones (excluding diaryl/α,β-unsaturated/α-hetero) is 1. The highest BCUT2D eigenvalue weighted by Gasteiger charge is 2.44. The van der Waals surface area contributed by atoms with Gasteiger partial charge in [-0.2, -0.15) is 0 Å². The number of hydrogen-bond donors (Lipinski definition) is 1. The van der Waals surface area contributed by atoms with Crippen molar-refractivity contribution in [2.45, 2.75) is 70.3 Å². The number of nitrogens with one attached hydrogen (secondary N) is 1. The van der Waals surface area contributed by atoms with Crippen molar-refractivity contribution in [2.24, 2.45) is 5.92 Å². The number of carbonyl (C=O) groups is 5. The molecule has 0 bridgehead atoms. The Kier molecular flexibility index (Phi) is 5.79. The summed E-state index contributed by atoms with van der Waals surface area (Å²) in [6.07, 6.45) is 7.78. The second kappa shape index (κ2) is 8.50. The molecule has 158 valence electrons. The molecule has 1 N–H and O–H groups in total. The quantitative estimate of drug-likeness (QED) is 0.727. The van der Waals surface area contributed by atoms with Crippen LogP contribution >= 0.6 is 0 Å². The minimum Gasteiger partial charge on any atom is -0.300 e. The number of imide groups is 2. The highest BCUT2D eigenvalue weighted by Crippen LogP contribution is 2.29. The number of nitrogens with zero attached hydrogens (tertiary/aromatic N) is 1. The zero-order valence-electron chi connectivity index (χ0n) is 16.9. The molecule has 1 saturated carbocycles. The zero-order chi connectivity index (χ0) is 21.3. The first kappa shape index (κ1) is 20.4. The minimum absolute atomic E-state index is 0.0954. The maximum Gasteiger partial charge on any atom is 0.262 e. The summed E-state index contributed by atoms with van der Waals surface area (Å²) in [5.74, 6) is -1.28. The fraction of sp³-hybridized carbons (Fsp3) is 0.522. The molecular formula is C23H26N2O5. The van der Waals surface area contributed by atoms with Crippen LogP contribution in [-0.4, -0.2) is 40.4 Å². The number of amides is 4. The number of benzene rings is 1. The molecule has 0 radical (unpaired) electrons. The molecular weight excluding hydrogens is 384 g/mol. The smallest absolute Gasteiger partial charge is 0.262 e. The van der Waals surface area contributed by atoms with Gasteiger partial charge in [-0.05, 0) is 36.5 Å². The number of piperidine rings is 1. The molecule has 0 spiro atoms. The van der Waals surface area contributed by atoms with Crippen molar-refractivity contribution < 1.29 is 24.0 Å². The van der Waals surface area contributed by atoms with Crippen LogP contribution in [0.1, 0.15) is 84.1 Å². The van der Waals surface area contributed by atoms with Gasteiger partial charge in [-0.25, -0.2) is 0 Å². The molecule has 2 heterocycles. The average Bonchev–Trinajstić information content (AvgIpc) is 2.97. The summed E-state index contributed by atoms with van der Waals surface area (Å²) in [5, 5.41) is 2.19. The van der Waals surface area contributed by atoms with Gasteiger partial charge in [-0.1, -0.05) is 38.2 Å². The van der Waals surface area contributed by atoms with Gasteiger partial charge in [0.1, 0.15) is 11.8 Å². The molecule has 1 saturated heterocycles. The predicted octanol–water partition coefficient (Wildman–Crippen LogP) is 2.56. The molecule has 3 aliphatic rings. The fourth-order valence-corrected chi connectivity index (χ4v) is 4.77.